The van der Waals surface area contributed by atoms with E-state index in [2.05, 4.69) is 4.98 Å². The zero-order valence-corrected chi connectivity index (χ0v) is 10.5. The van der Waals surface area contributed by atoms with E-state index in [1.165, 1.54) is 0 Å². The molecule has 0 radical (unpaired) electrons. The molecule has 1 rings (SSSR count). The molecule has 0 bridgehead atoms. The Kier molecular flexibility index (Phi) is 5.26. The Hall–Kier alpha value is -1.09. The van der Waals surface area contributed by atoms with Crippen LogP contribution in [0.15, 0.2) is 18.3 Å². The molecule has 1 aromatic heterocycles. The van der Waals surface area contributed by atoms with Gasteiger partial charge in [0.1, 0.15) is 5.69 Å². The number of amides is 1. The quantitative estimate of drug-likeness (QED) is 0.741. The molecule has 0 aliphatic heterocycles. The number of halogens is 1. The van der Waals surface area contributed by atoms with Gasteiger partial charge >= 0.3 is 0 Å². The zero-order valence-electron chi connectivity index (χ0n) is 9.74. The van der Waals surface area contributed by atoms with E-state index < -0.39 is 0 Å². The second-order valence-electron chi connectivity index (χ2n) is 3.65. The van der Waals surface area contributed by atoms with Gasteiger partial charge in [-0.2, -0.15) is 0 Å². The largest absolute Gasteiger partial charge is 0.336 e. The Balaban J connectivity index is 2.85. The molecule has 0 N–H and O–H groups in total. The van der Waals surface area contributed by atoms with Crippen molar-refractivity contribution in [2.24, 2.45) is 0 Å². The Labute approximate surface area is 101 Å². The molecule has 1 aromatic rings. The first-order valence-electron chi connectivity index (χ1n) is 5.47. The van der Waals surface area contributed by atoms with Gasteiger partial charge in [0.15, 0.2) is 0 Å². The van der Waals surface area contributed by atoms with Crippen molar-refractivity contribution in [2.75, 3.05) is 19.0 Å². The molecule has 0 fully saturated rings. The monoisotopic (exact) mass is 240 g/mol. The maximum atomic E-state index is 12.2. The molecule has 0 aliphatic carbocycles. The molecule has 0 saturated carbocycles. The van der Waals surface area contributed by atoms with Crippen LogP contribution < -0.4 is 0 Å². The van der Waals surface area contributed by atoms with Crippen LogP contribution in [0.1, 0.15) is 29.4 Å². The van der Waals surface area contributed by atoms with Crippen LogP contribution in [0, 0.1) is 6.92 Å². The molecule has 0 aromatic carbocycles. The van der Waals surface area contributed by atoms with Gasteiger partial charge < -0.3 is 4.90 Å². The Morgan fingerprint density at radius 1 is 1.50 bits per heavy atom. The molecule has 0 spiro atoms. The van der Waals surface area contributed by atoms with Crippen LogP contribution in [-0.4, -0.2) is 34.8 Å². The minimum absolute atomic E-state index is 0.0272. The summed E-state index contributed by atoms with van der Waals surface area (Å²) in [7, 11) is 0. The molecular weight excluding hydrogens is 224 g/mol. The number of alkyl halides is 1. The van der Waals surface area contributed by atoms with Gasteiger partial charge in [-0.1, -0.05) is 13.0 Å². The van der Waals surface area contributed by atoms with Crippen LogP contribution in [0.3, 0.4) is 0 Å². The molecule has 1 amide bonds. The van der Waals surface area contributed by atoms with Crippen molar-refractivity contribution in [3.05, 3.63) is 29.6 Å². The number of rotatable bonds is 5. The van der Waals surface area contributed by atoms with E-state index >= 15 is 0 Å². The third kappa shape index (κ3) is 3.20. The summed E-state index contributed by atoms with van der Waals surface area (Å²) in [5.74, 6) is 0.429. The molecule has 4 heteroatoms. The number of aromatic nitrogens is 1. The number of carbonyl (C=O) groups is 1. The molecule has 16 heavy (non-hydrogen) atoms. The maximum Gasteiger partial charge on any atom is 0.272 e. The SMILES string of the molecule is CCCN(CCCl)C(=O)c1ncccc1C. The standard InChI is InChI=1S/C12H17ClN2O/c1-3-8-15(9-6-13)12(16)11-10(2)5-4-7-14-11/h4-5,7H,3,6,8-9H2,1-2H3. The van der Waals surface area contributed by atoms with E-state index in [1.807, 2.05) is 26.0 Å². The predicted octanol–water partition coefficient (Wildman–Crippen LogP) is 2.48. The maximum absolute atomic E-state index is 12.2. The Morgan fingerprint density at radius 2 is 2.25 bits per heavy atom. The van der Waals surface area contributed by atoms with Gasteiger partial charge in [0.25, 0.3) is 5.91 Å². The Morgan fingerprint density at radius 3 is 2.81 bits per heavy atom. The van der Waals surface area contributed by atoms with Gasteiger partial charge in [0, 0.05) is 25.2 Å². The molecule has 1 heterocycles. The second kappa shape index (κ2) is 6.48. The summed E-state index contributed by atoms with van der Waals surface area (Å²) in [6, 6.07) is 3.73. The highest BCUT2D eigenvalue weighted by molar-refractivity contribution is 6.18. The average Bonchev–Trinajstić information content (AvgIpc) is 2.28. The number of pyridine rings is 1. The first-order chi connectivity index (χ1) is 7.70. The van der Waals surface area contributed by atoms with Crippen LogP contribution in [0.2, 0.25) is 0 Å². The van der Waals surface area contributed by atoms with Crippen molar-refractivity contribution >= 4 is 17.5 Å². The second-order valence-corrected chi connectivity index (χ2v) is 4.03. The van der Waals surface area contributed by atoms with Gasteiger partial charge in [0.05, 0.1) is 0 Å². The average molecular weight is 241 g/mol. The first-order valence-corrected chi connectivity index (χ1v) is 6.01. The topological polar surface area (TPSA) is 33.2 Å². The fraction of sp³-hybridized carbons (Fsp3) is 0.500. The summed E-state index contributed by atoms with van der Waals surface area (Å²) in [4.78, 5) is 18.0. The molecule has 0 unspecified atom stereocenters. The molecule has 88 valence electrons. The molecule has 0 atom stereocenters. The fourth-order valence-electron chi connectivity index (χ4n) is 1.55. The third-order valence-electron chi connectivity index (χ3n) is 2.35. The molecule has 0 aliphatic rings. The Bertz CT molecular complexity index is 349. The lowest BCUT2D eigenvalue weighted by Crippen LogP contribution is -2.34. The summed E-state index contributed by atoms with van der Waals surface area (Å²) in [5.41, 5.74) is 1.43. The molecular formula is C12H17ClN2O. The predicted molar refractivity (Wildman–Crippen MR) is 65.9 cm³/mol. The number of nitrogens with zero attached hydrogens (tertiary/aromatic N) is 2. The summed E-state index contributed by atoms with van der Waals surface area (Å²) >= 11 is 5.69. The first kappa shape index (κ1) is 13.0. The van der Waals surface area contributed by atoms with E-state index in [-0.39, 0.29) is 5.91 Å². The van der Waals surface area contributed by atoms with E-state index in [4.69, 9.17) is 11.6 Å². The van der Waals surface area contributed by atoms with Gasteiger partial charge in [0.2, 0.25) is 0 Å². The minimum atomic E-state index is -0.0272. The molecule has 0 saturated heterocycles. The van der Waals surface area contributed by atoms with Gasteiger partial charge in [-0.05, 0) is 25.0 Å². The lowest BCUT2D eigenvalue weighted by molar-refractivity contribution is 0.0759. The van der Waals surface area contributed by atoms with Crippen molar-refractivity contribution in [1.82, 2.24) is 9.88 Å². The normalized spacial score (nSPS) is 10.2. The number of aryl methyl sites for hydroxylation is 1. The van der Waals surface area contributed by atoms with Crippen molar-refractivity contribution in [1.29, 1.82) is 0 Å². The summed E-state index contributed by atoms with van der Waals surface area (Å²) < 4.78 is 0. The van der Waals surface area contributed by atoms with Crippen LogP contribution in [0.25, 0.3) is 0 Å². The van der Waals surface area contributed by atoms with E-state index in [0.29, 0.717) is 18.1 Å². The molecule has 3 nitrogen and oxygen atoms in total. The highest BCUT2D eigenvalue weighted by Gasteiger charge is 2.17. The van der Waals surface area contributed by atoms with Gasteiger partial charge in [-0.25, -0.2) is 0 Å². The van der Waals surface area contributed by atoms with Crippen LogP contribution in [0.4, 0.5) is 0 Å². The summed E-state index contributed by atoms with van der Waals surface area (Å²) in [6.45, 7) is 5.23. The number of carbonyl (C=O) groups excluding carboxylic acids is 1. The lowest BCUT2D eigenvalue weighted by atomic mass is 10.2. The number of hydrogen-bond donors (Lipinski definition) is 0. The van der Waals surface area contributed by atoms with Crippen molar-refractivity contribution in [3.8, 4) is 0 Å². The third-order valence-corrected chi connectivity index (χ3v) is 2.52. The number of hydrogen-bond acceptors (Lipinski definition) is 2. The van der Waals surface area contributed by atoms with Crippen molar-refractivity contribution < 1.29 is 4.79 Å². The lowest BCUT2D eigenvalue weighted by Gasteiger charge is -2.21. The van der Waals surface area contributed by atoms with E-state index in [0.717, 1.165) is 18.5 Å². The summed E-state index contributed by atoms with van der Waals surface area (Å²) in [6.07, 6.45) is 2.57. The van der Waals surface area contributed by atoms with Crippen molar-refractivity contribution in [3.63, 3.8) is 0 Å². The zero-order chi connectivity index (χ0) is 12.0. The van der Waals surface area contributed by atoms with Crippen LogP contribution in [-0.2, 0) is 0 Å². The highest BCUT2D eigenvalue weighted by Crippen LogP contribution is 2.08. The van der Waals surface area contributed by atoms with Crippen molar-refractivity contribution in [2.45, 2.75) is 20.3 Å². The highest BCUT2D eigenvalue weighted by atomic mass is 35.5. The van der Waals surface area contributed by atoms with E-state index in [9.17, 15) is 4.79 Å². The smallest absolute Gasteiger partial charge is 0.272 e. The van der Waals surface area contributed by atoms with E-state index in [1.54, 1.807) is 11.1 Å². The summed E-state index contributed by atoms with van der Waals surface area (Å²) in [5, 5.41) is 0. The van der Waals surface area contributed by atoms with Crippen LogP contribution >= 0.6 is 11.6 Å². The minimum Gasteiger partial charge on any atom is -0.336 e. The van der Waals surface area contributed by atoms with Gasteiger partial charge in [-0.3, -0.25) is 9.78 Å². The van der Waals surface area contributed by atoms with Crippen LogP contribution in [0.5, 0.6) is 0 Å². The van der Waals surface area contributed by atoms with Gasteiger partial charge in [-0.15, -0.1) is 11.6 Å². The fourth-order valence-corrected chi connectivity index (χ4v) is 1.75.